The van der Waals surface area contributed by atoms with E-state index in [-0.39, 0.29) is 21.0 Å². The fourth-order valence-electron chi connectivity index (χ4n) is 1.27. The van der Waals surface area contributed by atoms with Crippen LogP contribution in [-0.4, -0.2) is 15.1 Å². The van der Waals surface area contributed by atoms with Crippen molar-refractivity contribution < 1.29 is 9.50 Å². The zero-order valence-electron chi connectivity index (χ0n) is 8.98. The normalized spacial score (nSPS) is 10.6. The van der Waals surface area contributed by atoms with Crippen LogP contribution in [0.4, 0.5) is 4.39 Å². The van der Waals surface area contributed by atoms with Crippen LogP contribution in [-0.2, 0) is 5.75 Å². The lowest BCUT2D eigenvalue weighted by atomic mass is 10.3. The first-order valence-electron chi connectivity index (χ1n) is 4.93. The van der Waals surface area contributed by atoms with Crippen LogP contribution >= 0.6 is 34.4 Å². The first-order chi connectivity index (χ1) is 8.58. The van der Waals surface area contributed by atoms with E-state index >= 15 is 0 Å². The average Bonchev–Trinajstić information content (AvgIpc) is 2.35. The maximum absolute atomic E-state index is 13.4. The SMILES string of the molecule is O=c1[nH]c(CSc2ccccc2F)nc(O)c1I. The van der Waals surface area contributed by atoms with Gasteiger partial charge in [0, 0.05) is 4.90 Å². The highest BCUT2D eigenvalue weighted by Gasteiger charge is 2.08. The molecule has 0 radical (unpaired) electrons. The van der Waals surface area contributed by atoms with Gasteiger partial charge in [0.15, 0.2) is 0 Å². The number of hydrogen-bond donors (Lipinski definition) is 2. The molecule has 1 heterocycles. The number of rotatable bonds is 3. The Labute approximate surface area is 120 Å². The Morgan fingerprint density at radius 2 is 2.17 bits per heavy atom. The summed E-state index contributed by atoms with van der Waals surface area (Å²) in [6.45, 7) is 0. The fourth-order valence-corrected chi connectivity index (χ4v) is 2.33. The zero-order chi connectivity index (χ0) is 13.1. The molecule has 7 heteroatoms. The van der Waals surface area contributed by atoms with Gasteiger partial charge < -0.3 is 10.1 Å². The summed E-state index contributed by atoms with van der Waals surface area (Å²) in [6, 6.07) is 6.35. The zero-order valence-corrected chi connectivity index (χ0v) is 12.0. The monoisotopic (exact) mass is 378 g/mol. The van der Waals surface area contributed by atoms with E-state index in [1.54, 1.807) is 40.8 Å². The van der Waals surface area contributed by atoms with Crippen LogP contribution in [0.25, 0.3) is 0 Å². The molecular weight excluding hydrogens is 370 g/mol. The molecule has 0 aliphatic heterocycles. The van der Waals surface area contributed by atoms with E-state index in [4.69, 9.17) is 0 Å². The minimum atomic E-state index is -0.396. The van der Waals surface area contributed by atoms with E-state index in [0.29, 0.717) is 10.7 Å². The number of halogens is 2. The summed E-state index contributed by atoms with van der Waals surface area (Å²) in [4.78, 5) is 18.2. The predicted molar refractivity (Wildman–Crippen MR) is 75.2 cm³/mol. The maximum Gasteiger partial charge on any atom is 0.268 e. The summed E-state index contributed by atoms with van der Waals surface area (Å²) in [5.74, 6) is -0.0325. The highest BCUT2D eigenvalue weighted by Crippen LogP contribution is 2.24. The van der Waals surface area contributed by atoms with Crippen LogP contribution < -0.4 is 5.56 Å². The lowest BCUT2D eigenvalue weighted by Crippen LogP contribution is -2.13. The van der Waals surface area contributed by atoms with Crippen molar-refractivity contribution in [3.63, 3.8) is 0 Å². The van der Waals surface area contributed by atoms with Crippen LogP contribution in [0.3, 0.4) is 0 Å². The summed E-state index contributed by atoms with van der Waals surface area (Å²) in [5, 5.41) is 9.41. The van der Waals surface area contributed by atoms with Gasteiger partial charge in [-0.3, -0.25) is 4.79 Å². The van der Waals surface area contributed by atoms with Gasteiger partial charge in [0.25, 0.3) is 5.56 Å². The molecule has 0 fully saturated rings. The molecule has 0 saturated heterocycles. The molecule has 2 rings (SSSR count). The molecule has 0 bridgehead atoms. The smallest absolute Gasteiger partial charge is 0.268 e. The van der Waals surface area contributed by atoms with Gasteiger partial charge >= 0.3 is 0 Å². The minimum absolute atomic E-state index is 0.146. The highest BCUT2D eigenvalue weighted by atomic mass is 127. The van der Waals surface area contributed by atoms with Crippen molar-refractivity contribution in [2.75, 3.05) is 0 Å². The van der Waals surface area contributed by atoms with Crippen molar-refractivity contribution in [2.24, 2.45) is 0 Å². The van der Waals surface area contributed by atoms with E-state index < -0.39 is 5.56 Å². The van der Waals surface area contributed by atoms with Gasteiger partial charge in [0.2, 0.25) is 5.88 Å². The van der Waals surface area contributed by atoms with Crippen molar-refractivity contribution in [3.05, 3.63) is 49.8 Å². The molecule has 18 heavy (non-hydrogen) atoms. The number of thioether (sulfide) groups is 1. The Kier molecular flexibility index (Phi) is 4.23. The topological polar surface area (TPSA) is 66.0 Å². The van der Waals surface area contributed by atoms with Gasteiger partial charge in [-0.1, -0.05) is 12.1 Å². The van der Waals surface area contributed by atoms with Gasteiger partial charge in [-0.15, -0.1) is 11.8 Å². The van der Waals surface area contributed by atoms with Crippen molar-refractivity contribution in [2.45, 2.75) is 10.6 Å². The van der Waals surface area contributed by atoms with E-state index in [1.807, 2.05) is 0 Å². The number of H-pyrrole nitrogens is 1. The van der Waals surface area contributed by atoms with Crippen LogP contribution in [0.2, 0.25) is 0 Å². The van der Waals surface area contributed by atoms with E-state index in [9.17, 15) is 14.3 Å². The first kappa shape index (κ1) is 13.3. The van der Waals surface area contributed by atoms with Crippen LogP contribution in [0.15, 0.2) is 34.0 Å². The van der Waals surface area contributed by atoms with E-state index in [0.717, 1.165) is 0 Å². The van der Waals surface area contributed by atoms with Gasteiger partial charge in [-0.05, 0) is 34.7 Å². The Balaban J connectivity index is 2.17. The van der Waals surface area contributed by atoms with Gasteiger partial charge in [0.05, 0.1) is 5.75 Å². The molecule has 2 N–H and O–H groups in total. The minimum Gasteiger partial charge on any atom is -0.492 e. The van der Waals surface area contributed by atoms with Crippen LogP contribution in [0.5, 0.6) is 5.88 Å². The number of aromatic amines is 1. The number of benzene rings is 1. The van der Waals surface area contributed by atoms with Crippen molar-refractivity contribution in [3.8, 4) is 5.88 Å². The Bertz CT molecular complexity index is 633. The molecule has 1 aromatic carbocycles. The van der Waals surface area contributed by atoms with Crippen molar-refractivity contribution in [1.29, 1.82) is 0 Å². The van der Waals surface area contributed by atoms with Crippen LogP contribution in [0.1, 0.15) is 5.82 Å². The second-order valence-corrected chi connectivity index (χ2v) is 5.47. The molecule has 4 nitrogen and oxygen atoms in total. The third kappa shape index (κ3) is 3.02. The second-order valence-electron chi connectivity index (χ2n) is 3.37. The lowest BCUT2D eigenvalue weighted by molar-refractivity contribution is 0.444. The molecule has 0 saturated carbocycles. The third-order valence-corrected chi connectivity index (χ3v) is 4.13. The van der Waals surface area contributed by atoms with E-state index in [1.165, 1.54) is 17.8 Å². The van der Waals surface area contributed by atoms with Gasteiger partial charge in [0.1, 0.15) is 15.2 Å². The highest BCUT2D eigenvalue weighted by molar-refractivity contribution is 14.1. The summed E-state index contributed by atoms with van der Waals surface area (Å²) in [7, 11) is 0. The molecule has 1 aromatic heterocycles. The van der Waals surface area contributed by atoms with Crippen molar-refractivity contribution >= 4 is 34.4 Å². The van der Waals surface area contributed by atoms with E-state index in [2.05, 4.69) is 9.97 Å². The average molecular weight is 378 g/mol. The first-order valence-corrected chi connectivity index (χ1v) is 6.99. The largest absolute Gasteiger partial charge is 0.492 e. The molecule has 0 unspecified atom stereocenters. The number of nitrogens with one attached hydrogen (secondary N) is 1. The van der Waals surface area contributed by atoms with Gasteiger partial charge in [-0.2, -0.15) is 4.98 Å². The summed E-state index contributed by atoms with van der Waals surface area (Å²) in [5.41, 5.74) is -0.396. The molecule has 94 valence electrons. The summed E-state index contributed by atoms with van der Waals surface area (Å²) >= 11 is 2.91. The molecule has 0 spiro atoms. The number of nitrogens with zero attached hydrogens (tertiary/aromatic N) is 1. The molecule has 0 aliphatic carbocycles. The fraction of sp³-hybridized carbons (Fsp3) is 0.0909. The number of aromatic hydroxyl groups is 1. The standard InChI is InChI=1S/C11H8FIN2O2S/c12-6-3-1-2-4-7(6)18-5-8-14-10(16)9(13)11(17)15-8/h1-4H,5H2,(H2,14,15,16,17). The third-order valence-electron chi connectivity index (χ3n) is 2.10. The number of hydrogen-bond acceptors (Lipinski definition) is 4. The molecule has 0 amide bonds. The second kappa shape index (κ2) is 5.70. The Morgan fingerprint density at radius 1 is 1.44 bits per heavy atom. The van der Waals surface area contributed by atoms with Crippen molar-refractivity contribution in [1.82, 2.24) is 9.97 Å². The number of aromatic nitrogens is 2. The predicted octanol–water partition coefficient (Wildman–Crippen LogP) is 2.51. The quantitative estimate of drug-likeness (QED) is 0.637. The Hall–Kier alpha value is -1.09. The van der Waals surface area contributed by atoms with Crippen LogP contribution in [0, 0.1) is 9.39 Å². The summed E-state index contributed by atoms with van der Waals surface area (Å²) in [6.07, 6.45) is 0. The summed E-state index contributed by atoms with van der Waals surface area (Å²) < 4.78 is 13.5. The lowest BCUT2D eigenvalue weighted by Gasteiger charge is -2.03. The Morgan fingerprint density at radius 3 is 2.83 bits per heavy atom. The maximum atomic E-state index is 13.4. The van der Waals surface area contributed by atoms with Gasteiger partial charge in [-0.25, -0.2) is 4.39 Å². The molecule has 2 aromatic rings. The molecular formula is C11H8FIN2O2S. The molecule has 0 atom stereocenters. The molecule has 0 aliphatic rings.